The molecule has 6 N–H and O–H groups in total. The van der Waals surface area contributed by atoms with E-state index >= 15 is 0 Å². The van der Waals surface area contributed by atoms with Crippen molar-refractivity contribution in [2.45, 2.75) is 24.9 Å². The molecule has 0 aliphatic carbocycles. The van der Waals surface area contributed by atoms with E-state index in [1.165, 1.54) is 0 Å². The van der Waals surface area contributed by atoms with Gasteiger partial charge in [-0.05, 0) is 47.2 Å². The van der Waals surface area contributed by atoms with Crippen LogP contribution in [0.25, 0.3) is 21.7 Å². The molecule has 0 radical (unpaired) electrons. The number of rotatable bonds is 8. The minimum absolute atomic E-state index is 0. The van der Waals surface area contributed by atoms with Gasteiger partial charge in [-0.15, -0.1) is 12.4 Å². The predicted octanol–water partition coefficient (Wildman–Crippen LogP) is 4.68. The van der Waals surface area contributed by atoms with Gasteiger partial charge in [0.05, 0.1) is 6.04 Å². The highest BCUT2D eigenvalue weighted by atomic mass is 35.5. The highest BCUT2D eigenvalue weighted by Crippen LogP contribution is 2.24. The Hall–Kier alpha value is -4.33. The van der Waals surface area contributed by atoms with Crippen molar-refractivity contribution < 1.29 is 14.7 Å². The Morgan fingerprint density at radius 3 is 2.29 bits per heavy atom. The number of hydrogen-bond acceptors (Lipinski definition) is 4. The van der Waals surface area contributed by atoms with Gasteiger partial charge in [0.15, 0.2) is 0 Å². The lowest BCUT2D eigenvalue weighted by Crippen LogP contribution is -2.51. The van der Waals surface area contributed by atoms with Gasteiger partial charge in [0, 0.05) is 34.6 Å². The maximum atomic E-state index is 13.6. The Morgan fingerprint density at radius 2 is 1.50 bits per heavy atom. The summed E-state index contributed by atoms with van der Waals surface area (Å²) in [5, 5.41) is 18.3. The maximum absolute atomic E-state index is 13.6. The summed E-state index contributed by atoms with van der Waals surface area (Å²) in [5.41, 5.74) is 9.58. The molecule has 0 saturated carbocycles. The van der Waals surface area contributed by atoms with E-state index in [9.17, 15) is 14.7 Å². The first-order valence-corrected chi connectivity index (χ1v) is 12.2. The number of phenolic OH excluding ortho intramolecular Hbond substituents is 1. The molecule has 5 aromatic rings. The van der Waals surface area contributed by atoms with Crippen LogP contribution < -0.4 is 16.4 Å². The number of halogens is 1. The molecule has 0 bridgehead atoms. The zero-order valence-corrected chi connectivity index (χ0v) is 21.4. The summed E-state index contributed by atoms with van der Waals surface area (Å²) in [6.07, 6.45) is 2.43. The number of aromatic nitrogens is 1. The number of aromatic hydroxyl groups is 1. The molecule has 2 amide bonds. The van der Waals surface area contributed by atoms with Crippen LogP contribution in [0.1, 0.15) is 11.1 Å². The fourth-order valence-electron chi connectivity index (χ4n) is 4.54. The number of nitrogens with one attached hydrogen (secondary N) is 3. The molecule has 2 atom stereocenters. The number of aromatic amines is 1. The van der Waals surface area contributed by atoms with Crippen molar-refractivity contribution in [3.8, 4) is 5.75 Å². The SMILES string of the molecule is Cl.N[C@@H](Cc1ccc(O)cc1)C(=O)N[C@H](Cc1c[nH]c2ccccc12)C(=O)Nc1cccc2ccccc12. The summed E-state index contributed by atoms with van der Waals surface area (Å²) in [7, 11) is 0. The molecule has 8 heteroatoms. The van der Waals surface area contributed by atoms with E-state index in [4.69, 9.17) is 5.73 Å². The van der Waals surface area contributed by atoms with Crippen LogP contribution in [0.2, 0.25) is 0 Å². The van der Waals surface area contributed by atoms with Gasteiger partial charge in [0.1, 0.15) is 11.8 Å². The van der Waals surface area contributed by atoms with Crippen molar-refractivity contribution in [3.63, 3.8) is 0 Å². The van der Waals surface area contributed by atoms with E-state index in [1.807, 2.05) is 72.9 Å². The standard InChI is InChI=1S/C30H28N4O3.ClH/c31-25(16-19-12-14-22(35)15-13-19)29(36)34-28(17-21-18-32-26-10-4-3-9-24(21)26)30(37)33-27-11-5-7-20-6-1-2-8-23(20)27;/h1-15,18,25,28,32,35H,16-17,31H2,(H,33,37)(H,34,36);1H/t25-,28+;/m0./s1. The van der Waals surface area contributed by atoms with E-state index in [-0.39, 0.29) is 36.9 Å². The van der Waals surface area contributed by atoms with Crippen LogP contribution in [0.5, 0.6) is 5.75 Å². The third kappa shape index (κ3) is 5.96. The quantitative estimate of drug-likeness (QED) is 0.201. The number of carbonyl (C=O) groups is 2. The maximum Gasteiger partial charge on any atom is 0.247 e. The molecule has 1 heterocycles. The highest BCUT2D eigenvalue weighted by molar-refractivity contribution is 6.05. The monoisotopic (exact) mass is 528 g/mol. The molecular weight excluding hydrogens is 500 g/mol. The molecule has 1 aromatic heterocycles. The Balaban J connectivity index is 0.00000336. The zero-order valence-electron chi connectivity index (χ0n) is 20.6. The van der Waals surface area contributed by atoms with Crippen LogP contribution in [0, 0.1) is 0 Å². The number of anilines is 1. The molecule has 0 fully saturated rings. The molecule has 4 aromatic carbocycles. The molecule has 0 saturated heterocycles. The number of nitrogens with two attached hydrogens (primary N) is 1. The van der Waals surface area contributed by atoms with E-state index < -0.39 is 18.0 Å². The summed E-state index contributed by atoms with van der Waals surface area (Å²) < 4.78 is 0. The lowest BCUT2D eigenvalue weighted by molar-refractivity contribution is -0.127. The number of fused-ring (bicyclic) bond motifs is 2. The van der Waals surface area contributed by atoms with Crippen molar-refractivity contribution in [1.29, 1.82) is 0 Å². The Labute approximate surface area is 226 Å². The Bertz CT molecular complexity index is 1560. The summed E-state index contributed by atoms with van der Waals surface area (Å²) in [4.78, 5) is 29.9. The van der Waals surface area contributed by atoms with Crippen LogP contribution >= 0.6 is 12.4 Å². The number of benzene rings is 4. The van der Waals surface area contributed by atoms with E-state index in [2.05, 4.69) is 15.6 Å². The fraction of sp³-hybridized carbons (Fsp3) is 0.133. The first-order valence-electron chi connectivity index (χ1n) is 12.2. The van der Waals surface area contributed by atoms with Crippen LogP contribution in [0.15, 0.2) is 97.2 Å². The molecule has 38 heavy (non-hydrogen) atoms. The summed E-state index contributed by atoms with van der Waals surface area (Å²) >= 11 is 0. The van der Waals surface area contributed by atoms with Crippen molar-refractivity contribution in [3.05, 3.63) is 108 Å². The number of H-pyrrole nitrogens is 1. The summed E-state index contributed by atoms with van der Waals surface area (Å²) in [5.74, 6) is -0.608. The first-order chi connectivity index (χ1) is 18.0. The van der Waals surface area contributed by atoms with Crippen LogP contribution in [-0.2, 0) is 22.4 Å². The van der Waals surface area contributed by atoms with Crippen LogP contribution in [0.4, 0.5) is 5.69 Å². The van der Waals surface area contributed by atoms with Crippen molar-refractivity contribution in [2.24, 2.45) is 5.73 Å². The van der Waals surface area contributed by atoms with Gasteiger partial charge in [0.25, 0.3) is 0 Å². The second-order valence-electron chi connectivity index (χ2n) is 9.12. The van der Waals surface area contributed by atoms with Crippen LogP contribution in [-0.4, -0.2) is 34.0 Å². The minimum Gasteiger partial charge on any atom is -0.508 e. The molecular formula is C30H29ClN4O3. The normalized spacial score (nSPS) is 12.4. The number of para-hydroxylation sites is 1. The highest BCUT2D eigenvalue weighted by Gasteiger charge is 2.26. The number of carbonyl (C=O) groups excluding carboxylic acids is 2. The molecule has 0 spiro atoms. The smallest absolute Gasteiger partial charge is 0.247 e. The Kier molecular flexibility index (Phi) is 8.31. The topological polar surface area (TPSA) is 120 Å². The van der Waals surface area contributed by atoms with Gasteiger partial charge in [-0.25, -0.2) is 0 Å². The van der Waals surface area contributed by atoms with Gasteiger partial charge in [-0.3, -0.25) is 9.59 Å². The lowest BCUT2D eigenvalue weighted by Gasteiger charge is -2.21. The number of amides is 2. The zero-order chi connectivity index (χ0) is 25.8. The van der Waals surface area contributed by atoms with Gasteiger partial charge in [-0.2, -0.15) is 0 Å². The second-order valence-corrected chi connectivity index (χ2v) is 9.12. The van der Waals surface area contributed by atoms with E-state index in [1.54, 1.807) is 24.3 Å². The summed E-state index contributed by atoms with van der Waals surface area (Å²) in [6, 6.07) is 26.2. The molecule has 0 unspecified atom stereocenters. The predicted molar refractivity (Wildman–Crippen MR) is 154 cm³/mol. The van der Waals surface area contributed by atoms with Crippen LogP contribution in [0.3, 0.4) is 0 Å². The second kappa shape index (κ2) is 11.8. The third-order valence-corrected chi connectivity index (χ3v) is 6.51. The lowest BCUT2D eigenvalue weighted by atomic mass is 10.0. The van der Waals surface area contributed by atoms with Crippen molar-refractivity contribution in [2.75, 3.05) is 5.32 Å². The molecule has 5 rings (SSSR count). The van der Waals surface area contributed by atoms with Crippen molar-refractivity contribution in [1.82, 2.24) is 10.3 Å². The molecule has 0 aliphatic rings. The minimum atomic E-state index is -0.861. The van der Waals surface area contributed by atoms with Gasteiger partial charge in [0.2, 0.25) is 11.8 Å². The van der Waals surface area contributed by atoms with Crippen molar-refractivity contribution >= 4 is 51.6 Å². The van der Waals surface area contributed by atoms with Gasteiger partial charge in [-0.1, -0.05) is 66.7 Å². The summed E-state index contributed by atoms with van der Waals surface area (Å²) in [6.45, 7) is 0. The average Bonchev–Trinajstić information content (AvgIpc) is 3.32. The molecule has 7 nitrogen and oxygen atoms in total. The first kappa shape index (κ1) is 26.7. The average molecular weight is 529 g/mol. The molecule has 194 valence electrons. The molecule has 0 aliphatic heterocycles. The Morgan fingerprint density at radius 1 is 0.816 bits per heavy atom. The van der Waals surface area contributed by atoms with Gasteiger partial charge < -0.3 is 26.5 Å². The van der Waals surface area contributed by atoms with E-state index in [0.29, 0.717) is 5.69 Å². The third-order valence-electron chi connectivity index (χ3n) is 6.51. The largest absolute Gasteiger partial charge is 0.508 e. The number of hydrogen-bond donors (Lipinski definition) is 5. The van der Waals surface area contributed by atoms with Gasteiger partial charge >= 0.3 is 0 Å². The fourth-order valence-corrected chi connectivity index (χ4v) is 4.54. The number of phenols is 1. The van der Waals surface area contributed by atoms with E-state index in [0.717, 1.165) is 32.8 Å².